The largest absolute Gasteiger partial charge is 0.494 e. The highest BCUT2D eigenvalue weighted by Gasteiger charge is 2.11. The average molecular weight is 338 g/mol. The molecule has 25 heavy (non-hydrogen) atoms. The number of carbonyl (C=O) groups is 1. The fraction of sp³-hybridized carbons (Fsp3) is 0.200. The zero-order valence-electron chi connectivity index (χ0n) is 14.0. The van der Waals surface area contributed by atoms with Gasteiger partial charge in [0.25, 0.3) is 5.91 Å². The van der Waals surface area contributed by atoms with Gasteiger partial charge in [0.1, 0.15) is 23.2 Å². The van der Waals surface area contributed by atoms with Crippen molar-refractivity contribution in [1.29, 1.82) is 5.26 Å². The summed E-state index contributed by atoms with van der Waals surface area (Å²) in [5.74, 6) is -0.475. The van der Waals surface area contributed by atoms with Crippen LogP contribution in [0.1, 0.15) is 25.3 Å². The Bertz CT molecular complexity index is 792. The first-order valence-corrected chi connectivity index (χ1v) is 8.04. The number of halogens is 1. The Hall–Kier alpha value is -3.13. The van der Waals surface area contributed by atoms with Gasteiger partial charge in [0.2, 0.25) is 0 Å². The molecule has 0 fully saturated rings. The van der Waals surface area contributed by atoms with Crippen LogP contribution >= 0.6 is 0 Å². The first-order chi connectivity index (χ1) is 12.1. The van der Waals surface area contributed by atoms with Crippen molar-refractivity contribution in [2.75, 3.05) is 11.9 Å². The fourth-order valence-corrected chi connectivity index (χ4v) is 2.06. The van der Waals surface area contributed by atoms with E-state index in [-0.39, 0.29) is 11.3 Å². The van der Waals surface area contributed by atoms with E-state index in [0.29, 0.717) is 12.2 Å². The first kappa shape index (κ1) is 18.2. The van der Waals surface area contributed by atoms with Gasteiger partial charge in [-0.1, -0.05) is 37.6 Å². The van der Waals surface area contributed by atoms with Crippen molar-refractivity contribution in [2.45, 2.75) is 19.8 Å². The van der Waals surface area contributed by atoms with Gasteiger partial charge in [-0.2, -0.15) is 5.26 Å². The topological polar surface area (TPSA) is 62.1 Å². The third-order valence-corrected chi connectivity index (χ3v) is 3.44. The number of ether oxygens (including phenoxy) is 1. The SMILES string of the molecule is CCCCOc1ccc(/C=C(/C#N)C(=O)Nc2ccccc2F)cc1. The van der Waals surface area contributed by atoms with Crippen molar-refractivity contribution >= 4 is 17.7 Å². The molecular weight excluding hydrogens is 319 g/mol. The number of unbranched alkanes of at least 4 members (excludes halogenated alkanes) is 1. The van der Waals surface area contributed by atoms with Crippen LogP contribution in [0, 0.1) is 17.1 Å². The summed E-state index contributed by atoms with van der Waals surface area (Å²) in [6.07, 6.45) is 3.49. The zero-order chi connectivity index (χ0) is 18.1. The lowest BCUT2D eigenvalue weighted by Gasteiger charge is -2.06. The molecule has 2 rings (SSSR count). The van der Waals surface area contributed by atoms with E-state index in [1.54, 1.807) is 30.3 Å². The molecule has 0 unspecified atom stereocenters. The molecule has 0 saturated carbocycles. The lowest BCUT2D eigenvalue weighted by molar-refractivity contribution is -0.112. The second kappa shape index (κ2) is 9.24. The molecule has 2 aromatic carbocycles. The summed E-state index contributed by atoms with van der Waals surface area (Å²) in [6, 6.07) is 14.7. The van der Waals surface area contributed by atoms with E-state index in [9.17, 15) is 14.4 Å². The predicted octanol–water partition coefficient (Wildman–Crippen LogP) is 4.55. The molecule has 4 nitrogen and oxygen atoms in total. The summed E-state index contributed by atoms with van der Waals surface area (Å²) in [7, 11) is 0. The van der Waals surface area contributed by atoms with Crippen LogP contribution in [-0.4, -0.2) is 12.5 Å². The summed E-state index contributed by atoms with van der Waals surface area (Å²) < 4.78 is 19.2. The van der Waals surface area contributed by atoms with Crippen molar-refractivity contribution in [3.8, 4) is 11.8 Å². The molecule has 5 heteroatoms. The number of hydrogen-bond acceptors (Lipinski definition) is 3. The van der Waals surface area contributed by atoms with E-state index in [0.717, 1.165) is 18.6 Å². The summed E-state index contributed by atoms with van der Waals surface area (Å²) >= 11 is 0. The molecule has 0 spiro atoms. The van der Waals surface area contributed by atoms with Crippen LogP contribution in [0.25, 0.3) is 6.08 Å². The van der Waals surface area contributed by atoms with E-state index in [4.69, 9.17) is 4.74 Å². The molecule has 0 heterocycles. The molecule has 2 aromatic rings. The summed E-state index contributed by atoms with van der Waals surface area (Å²) in [5, 5.41) is 11.6. The van der Waals surface area contributed by atoms with Crippen LogP contribution in [0.5, 0.6) is 5.75 Å². The van der Waals surface area contributed by atoms with Crippen molar-refractivity contribution in [1.82, 2.24) is 0 Å². The molecule has 1 N–H and O–H groups in total. The highest BCUT2D eigenvalue weighted by atomic mass is 19.1. The molecule has 0 saturated heterocycles. The van der Waals surface area contributed by atoms with Gasteiger partial charge in [0.15, 0.2) is 0 Å². The molecule has 0 aromatic heterocycles. The lowest BCUT2D eigenvalue weighted by atomic mass is 10.1. The van der Waals surface area contributed by atoms with Crippen molar-refractivity contribution < 1.29 is 13.9 Å². The number of nitriles is 1. The Labute approximate surface area is 146 Å². The Morgan fingerprint density at radius 2 is 1.96 bits per heavy atom. The van der Waals surface area contributed by atoms with E-state index in [1.165, 1.54) is 24.3 Å². The predicted molar refractivity (Wildman–Crippen MR) is 95.5 cm³/mol. The number of anilines is 1. The average Bonchev–Trinajstić information content (AvgIpc) is 2.63. The highest BCUT2D eigenvalue weighted by molar-refractivity contribution is 6.09. The number of nitrogens with one attached hydrogen (secondary N) is 1. The van der Waals surface area contributed by atoms with Gasteiger partial charge in [-0.15, -0.1) is 0 Å². The van der Waals surface area contributed by atoms with Gasteiger partial charge in [0.05, 0.1) is 12.3 Å². The van der Waals surface area contributed by atoms with Gasteiger partial charge in [-0.05, 0) is 42.3 Å². The van der Waals surface area contributed by atoms with E-state index in [2.05, 4.69) is 12.2 Å². The molecule has 1 amide bonds. The quantitative estimate of drug-likeness (QED) is 0.458. The third kappa shape index (κ3) is 5.47. The van der Waals surface area contributed by atoms with Gasteiger partial charge < -0.3 is 10.1 Å². The van der Waals surface area contributed by atoms with Crippen LogP contribution < -0.4 is 10.1 Å². The number of para-hydroxylation sites is 1. The number of carbonyl (C=O) groups excluding carboxylic acids is 1. The summed E-state index contributed by atoms with van der Waals surface area (Å²) in [5.41, 5.74) is 0.610. The standard InChI is InChI=1S/C20H19FN2O2/c1-2-3-12-25-17-10-8-15(9-11-17)13-16(14-22)20(24)23-19-7-5-4-6-18(19)21/h4-11,13H,2-3,12H2,1H3,(H,23,24)/b16-13-. The van der Waals surface area contributed by atoms with E-state index in [1.807, 2.05) is 6.07 Å². The Morgan fingerprint density at radius 1 is 1.24 bits per heavy atom. The first-order valence-electron chi connectivity index (χ1n) is 8.04. The molecule has 0 aliphatic rings. The molecule has 128 valence electrons. The number of rotatable bonds is 7. The molecule has 0 aliphatic carbocycles. The zero-order valence-corrected chi connectivity index (χ0v) is 14.0. The minimum atomic E-state index is -0.657. The normalized spacial score (nSPS) is 10.8. The Balaban J connectivity index is 2.07. The van der Waals surface area contributed by atoms with Crippen LogP contribution in [0.15, 0.2) is 54.1 Å². The third-order valence-electron chi connectivity index (χ3n) is 3.44. The van der Waals surface area contributed by atoms with Crippen molar-refractivity contribution in [3.63, 3.8) is 0 Å². The highest BCUT2D eigenvalue weighted by Crippen LogP contribution is 2.17. The minimum absolute atomic E-state index is 0.0355. The summed E-state index contributed by atoms with van der Waals surface area (Å²) in [6.45, 7) is 2.74. The van der Waals surface area contributed by atoms with Crippen LogP contribution in [0.4, 0.5) is 10.1 Å². The molecule has 0 atom stereocenters. The number of nitrogens with zero attached hydrogens (tertiary/aromatic N) is 1. The summed E-state index contributed by atoms with van der Waals surface area (Å²) in [4.78, 5) is 12.1. The second-order valence-electron chi connectivity index (χ2n) is 5.37. The fourth-order valence-electron chi connectivity index (χ4n) is 2.06. The maximum absolute atomic E-state index is 13.6. The monoisotopic (exact) mass is 338 g/mol. The number of amides is 1. The number of benzene rings is 2. The smallest absolute Gasteiger partial charge is 0.266 e. The van der Waals surface area contributed by atoms with Gasteiger partial charge >= 0.3 is 0 Å². The van der Waals surface area contributed by atoms with Gasteiger partial charge in [-0.25, -0.2) is 4.39 Å². The molecule has 0 radical (unpaired) electrons. The van der Waals surface area contributed by atoms with Gasteiger partial charge in [-0.3, -0.25) is 4.79 Å². The molecule has 0 bridgehead atoms. The maximum atomic E-state index is 13.6. The van der Waals surface area contributed by atoms with Gasteiger partial charge in [0, 0.05) is 0 Å². The maximum Gasteiger partial charge on any atom is 0.266 e. The molecular formula is C20H19FN2O2. The second-order valence-corrected chi connectivity index (χ2v) is 5.37. The van der Waals surface area contributed by atoms with Crippen molar-refractivity contribution in [3.05, 3.63) is 65.5 Å². The van der Waals surface area contributed by atoms with Crippen molar-refractivity contribution in [2.24, 2.45) is 0 Å². The Morgan fingerprint density at radius 3 is 2.60 bits per heavy atom. The Kier molecular flexibility index (Phi) is 6.73. The van der Waals surface area contributed by atoms with Crippen LogP contribution in [0.2, 0.25) is 0 Å². The number of hydrogen-bond donors (Lipinski definition) is 1. The van der Waals surface area contributed by atoms with Crippen LogP contribution in [-0.2, 0) is 4.79 Å². The minimum Gasteiger partial charge on any atom is -0.494 e. The van der Waals surface area contributed by atoms with E-state index >= 15 is 0 Å². The van der Waals surface area contributed by atoms with E-state index < -0.39 is 11.7 Å². The molecule has 0 aliphatic heterocycles. The van der Waals surface area contributed by atoms with Crippen LogP contribution in [0.3, 0.4) is 0 Å². The lowest BCUT2D eigenvalue weighted by Crippen LogP contribution is -2.14.